The summed E-state index contributed by atoms with van der Waals surface area (Å²) in [6.45, 7) is 0. The zero-order valence-electron chi connectivity index (χ0n) is 3.72. The van der Waals surface area contributed by atoms with E-state index in [-0.39, 0.29) is 132 Å². The van der Waals surface area contributed by atoms with Crippen molar-refractivity contribution in [2.45, 2.75) is 0 Å². The van der Waals surface area contributed by atoms with Gasteiger partial charge < -0.3 is 14.1 Å². The van der Waals surface area contributed by atoms with Crippen molar-refractivity contribution < 1.29 is 117 Å². The molecule has 0 radical (unpaired) electrons. The summed E-state index contributed by atoms with van der Waals surface area (Å²) in [4.78, 5) is 17.0. The van der Waals surface area contributed by atoms with E-state index >= 15 is 0 Å². The van der Waals surface area contributed by atoms with Crippen LogP contribution in [-0.2, 0) is 4.46 Å². The third-order valence-corrected chi connectivity index (χ3v) is 0. The number of rotatable bonds is 0. The van der Waals surface area contributed by atoms with Crippen LogP contribution in [0, 0.1) is 0 Å². The van der Waals surface area contributed by atoms with Crippen molar-refractivity contribution in [3.63, 3.8) is 0 Å². The van der Waals surface area contributed by atoms with Crippen molar-refractivity contribution in [2.75, 3.05) is 0 Å². The van der Waals surface area contributed by atoms with E-state index in [2.05, 4.69) is 0 Å². The summed E-state index contributed by atoms with van der Waals surface area (Å²) < 4.78 is 8.52. The molecule has 0 aliphatic rings. The van der Waals surface area contributed by atoms with Crippen LogP contribution in [0.3, 0.4) is 0 Å². The molecular weight excluding hydrogens is 177 g/mol. The molecule has 0 unspecified atom stereocenters. The topological polar surface area (TPSA) is 63.2 Å². The van der Waals surface area contributed by atoms with E-state index in [4.69, 9.17) is 14.1 Å². The Morgan fingerprint density at radius 1 is 1.14 bits per heavy atom. The van der Waals surface area contributed by atoms with Crippen LogP contribution in [0.2, 0.25) is 0 Å². The Labute approximate surface area is 151 Å². The molecule has 0 aromatic rings. The Kier molecular flexibility index (Phi) is 52.8. The quantitative estimate of drug-likeness (QED) is 0.346. The van der Waals surface area contributed by atoms with Gasteiger partial charge in [0.15, 0.2) is 0 Å². The maximum atomic E-state index is 8.52. The van der Waals surface area contributed by atoms with Crippen LogP contribution >= 0.6 is 0 Å². The molecule has 0 saturated heterocycles. The van der Waals surface area contributed by atoms with Gasteiger partial charge in [-0.15, -0.1) is 0 Å². The normalized spacial score (nSPS) is 3.43. The van der Waals surface area contributed by atoms with Crippen molar-refractivity contribution in [1.82, 2.24) is 0 Å². The molecule has 7 heavy (non-hydrogen) atoms. The van der Waals surface area contributed by atoms with Gasteiger partial charge in [-0.05, 0) is 0 Å². The zero-order valence-corrected chi connectivity index (χ0v) is 11.0. The molecule has 0 rings (SSSR count). The third kappa shape index (κ3) is 40.7. The second kappa shape index (κ2) is 16.5. The predicted octanol–water partition coefficient (Wildman–Crippen LogP) is -9.52. The Hall–Kier alpha value is 3.89. The van der Waals surface area contributed by atoms with Crippen LogP contribution < -0.4 is 112 Å². The Morgan fingerprint density at radius 3 is 1.14 bits per heavy atom. The Morgan fingerprint density at radius 2 is 1.14 bits per heavy atom. The second-order valence-corrected chi connectivity index (χ2v) is 0.750. The summed E-state index contributed by atoms with van der Waals surface area (Å²) in [5.74, 6) is 0. The first-order valence-electron chi connectivity index (χ1n) is 0.612. The van der Waals surface area contributed by atoms with Gasteiger partial charge in [0.25, 0.3) is 0 Å². The predicted molar refractivity (Wildman–Crippen MR) is 13.6 cm³/mol. The molecule has 0 aromatic heterocycles. The summed E-state index contributed by atoms with van der Waals surface area (Å²) in [6.07, 6.45) is 0. The van der Waals surface area contributed by atoms with E-state index < -0.39 is 9.17 Å². The molecule has 7 heteroatoms. The van der Waals surface area contributed by atoms with Crippen molar-refractivity contribution in [3.05, 3.63) is 0 Å². The van der Waals surface area contributed by atoms with E-state index in [1.807, 2.05) is 0 Å². The standard InChI is InChI=1S/2K.Na.O3Si.H/c;;;1-4(2)3;/q2*+1;;-2;. The van der Waals surface area contributed by atoms with Gasteiger partial charge in [-0.3, -0.25) is 0 Å². The molecule has 26 valence electrons. The fraction of sp³-hybridized carbons (Fsp3) is 0. The molecule has 0 fully saturated rings. The summed E-state index contributed by atoms with van der Waals surface area (Å²) in [7, 11) is -3.63. The Bertz CT molecular complexity index is 35.9. The van der Waals surface area contributed by atoms with Gasteiger partial charge >= 0.3 is 132 Å². The van der Waals surface area contributed by atoms with Gasteiger partial charge in [0.05, 0.1) is 0 Å². The second-order valence-electron chi connectivity index (χ2n) is 0.250. The average molecular weight is 178 g/mol. The van der Waals surface area contributed by atoms with Crippen molar-refractivity contribution in [1.29, 1.82) is 0 Å². The molecule has 0 heterocycles. The van der Waals surface area contributed by atoms with Crippen molar-refractivity contribution >= 4 is 38.7 Å². The van der Waals surface area contributed by atoms with E-state index in [1.165, 1.54) is 0 Å². The maximum absolute atomic E-state index is 8.52. The van der Waals surface area contributed by atoms with Gasteiger partial charge in [-0.2, -0.15) is 0 Å². The molecule has 0 aliphatic carbocycles. The molecule has 0 saturated carbocycles. The fourth-order valence-electron chi connectivity index (χ4n) is 0. The molecule has 0 amide bonds. The van der Waals surface area contributed by atoms with Crippen LogP contribution in [0.4, 0.5) is 0 Å². The van der Waals surface area contributed by atoms with E-state index in [0.29, 0.717) is 0 Å². The first kappa shape index (κ1) is 22.4. The van der Waals surface area contributed by atoms with Crippen LogP contribution in [0.1, 0.15) is 0 Å². The van der Waals surface area contributed by atoms with Gasteiger partial charge in [0, 0.05) is 9.17 Å². The fourth-order valence-corrected chi connectivity index (χ4v) is 0. The van der Waals surface area contributed by atoms with Gasteiger partial charge in [-0.25, -0.2) is 0 Å². The van der Waals surface area contributed by atoms with Gasteiger partial charge in [0.1, 0.15) is 0 Å². The van der Waals surface area contributed by atoms with E-state index in [9.17, 15) is 0 Å². The molecule has 0 aromatic carbocycles. The number of hydrogen-bond acceptors (Lipinski definition) is 3. The van der Waals surface area contributed by atoms with E-state index in [0.717, 1.165) is 0 Å². The summed E-state index contributed by atoms with van der Waals surface area (Å²) in [6, 6.07) is 0. The Balaban J connectivity index is -0.0000000150. The molecule has 0 atom stereocenters. The van der Waals surface area contributed by atoms with Gasteiger partial charge in [-0.1, -0.05) is 0 Å². The van der Waals surface area contributed by atoms with Crippen molar-refractivity contribution in [2.24, 2.45) is 0 Å². The first-order chi connectivity index (χ1) is 1.73. The first-order valence-corrected chi connectivity index (χ1v) is 1.84. The SMILES string of the molecule is O=[Si]([O-])[O-].[K+].[K+].[NaH]. The third-order valence-electron chi connectivity index (χ3n) is 0. The van der Waals surface area contributed by atoms with Crippen molar-refractivity contribution in [3.8, 4) is 0 Å². The molecule has 0 aliphatic heterocycles. The minimum absolute atomic E-state index is 0. The average Bonchev–Trinajstić information content (AvgIpc) is 0.811. The van der Waals surface area contributed by atoms with Crippen LogP contribution in [0.25, 0.3) is 0 Å². The molecule has 0 spiro atoms. The molecule has 3 nitrogen and oxygen atoms in total. The molecule has 0 N–H and O–H groups in total. The summed E-state index contributed by atoms with van der Waals surface area (Å²) in [5.41, 5.74) is 0. The minimum atomic E-state index is -3.63. The van der Waals surface area contributed by atoms with Crippen LogP contribution in [0.15, 0.2) is 0 Å². The van der Waals surface area contributed by atoms with Gasteiger partial charge in [0.2, 0.25) is 0 Å². The molecular formula is HK2NaO3Si. The zero-order chi connectivity index (χ0) is 3.58. The number of hydrogen-bond donors (Lipinski definition) is 0. The monoisotopic (exact) mass is 178 g/mol. The summed E-state index contributed by atoms with van der Waals surface area (Å²) >= 11 is 0. The van der Waals surface area contributed by atoms with Crippen LogP contribution in [-0.4, -0.2) is 38.7 Å². The van der Waals surface area contributed by atoms with E-state index in [1.54, 1.807) is 0 Å². The molecule has 0 bridgehead atoms. The summed E-state index contributed by atoms with van der Waals surface area (Å²) in [5, 5.41) is 0. The van der Waals surface area contributed by atoms with Crippen LogP contribution in [0.5, 0.6) is 0 Å².